The summed E-state index contributed by atoms with van der Waals surface area (Å²) in [6.07, 6.45) is 6.70. The molecule has 5 aromatic carbocycles. The molecule has 2 nitrogen and oxygen atoms in total. The minimum Gasteiger partial charge on any atom is -0.311 e. The van der Waals surface area contributed by atoms with E-state index in [1.165, 1.54) is 98.6 Å². The lowest BCUT2D eigenvalue weighted by atomic mass is 9.33. The highest BCUT2D eigenvalue weighted by Gasteiger charge is 2.44. The zero-order valence-corrected chi connectivity index (χ0v) is 31.0. The van der Waals surface area contributed by atoms with Gasteiger partial charge in [-0.05, 0) is 89.2 Å². The van der Waals surface area contributed by atoms with Gasteiger partial charge in [-0.1, -0.05) is 130 Å². The van der Waals surface area contributed by atoms with E-state index in [1.807, 2.05) is 0 Å². The van der Waals surface area contributed by atoms with Crippen molar-refractivity contribution in [3.63, 3.8) is 0 Å². The van der Waals surface area contributed by atoms with E-state index in [-0.39, 0.29) is 6.71 Å². The highest BCUT2D eigenvalue weighted by molar-refractivity contribution is 7.01. The molecule has 47 heavy (non-hydrogen) atoms. The molecule has 236 valence electrons. The van der Waals surface area contributed by atoms with Crippen molar-refractivity contribution >= 4 is 83.7 Å². The lowest BCUT2D eigenvalue weighted by Gasteiger charge is -2.44. The molecule has 5 heteroatoms. The number of benzene rings is 5. The van der Waals surface area contributed by atoms with Crippen molar-refractivity contribution in [3.05, 3.63) is 115 Å². The first-order valence-electron chi connectivity index (χ1n) is 17.8. The standard InChI is InChI=1S/C42H47BN2Si2/c1-46(2,3)34-23-21-33(22-24-34)45-39-27-25-35(47(4,5)6)29-37(39)43-36-28-31(30-14-9-7-10-15-30)20-26-38(36)44(32-16-11-8-12-17-32)40-18-13-19-41(45)42(40)43/h8,11-13,16-30H,7,9-10,14-15H2,1-6H3. The summed E-state index contributed by atoms with van der Waals surface area (Å²) < 4.78 is 0. The monoisotopic (exact) mass is 646 g/mol. The first-order chi connectivity index (χ1) is 22.6. The zero-order valence-electron chi connectivity index (χ0n) is 29.0. The highest BCUT2D eigenvalue weighted by Crippen LogP contribution is 2.44. The van der Waals surface area contributed by atoms with Crippen molar-refractivity contribution in [2.24, 2.45) is 0 Å². The van der Waals surface area contributed by atoms with E-state index in [0.29, 0.717) is 5.92 Å². The summed E-state index contributed by atoms with van der Waals surface area (Å²) in [6, 6.07) is 42.5. The molecule has 0 spiro atoms. The summed E-state index contributed by atoms with van der Waals surface area (Å²) in [5.41, 5.74) is 13.6. The molecule has 1 fully saturated rings. The summed E-state index contributed by atoms with van der Waals surface area (Å²) in [6.45, 7) is 14.9. The lowest BCUT2D eigenvalue weighted by Crippen LogP contribution is -2.62. The van der Waals surface area contributed by atoms with Gasteiger partial charge >= 0.3 is 0 Å². The molecule has 3 aliphatic rings. The SMILES string of the molecule is C[Si](C)(C)c1ccc(N2c3ccc([Si](C)(C)C)cc3B3c4cc(C5CCCCC5)ccc4N(c4ccccc4)c4cccc2c43)cc1. The summed E-state index contributed by atoms with van der Waals surface area (Å²) in [5.74, 6) is 0.661. The van der Waals surface area contributed by atoms with Gasteiger partial charge in [0, 0.05) is 34.1 Å². The molecule has 5 aromatic rings. The molecule has 0 radical (unpaired) electrons. The zero-order chi connectivity index (χ0) is 32.5. The van der Waals surface area contributed by atoms with E-state index in [2.05, 4.69) is 158 Å². The number of hydrogen-bond donors (Lipinski definition) is 0. The third-order valence-corrected chi connectivity index (χ3v) is 15.1. The number of nitrogens with zero attached hydrogens (tertiary/aromatic N) is 2. The van der Waals surface area contributed by atoms with E-state index in [1.54, 1.807) is 0 Å². The minimum absolute atomic E-state index is 0.184. The summed E-state index contributed by atoms with van der Waals surface area (Å²) in [4.78, 5) is 5.10. The van der Waals surface area contributed by atoms with Gasteiger partial charge < -0.3 is 9.80 Å². The quantitative estimate of drug-likeness (QED) is 0.172. The van der Waals surface area contributed by atoms with E-state index < -0.39 is 16.1 Å². The van der Waals surface area contributed by atoms with Gasteiger partial charge in [-0.2, -0.15) is 0 Å². The Kier molecular flexibility index (Phi) is 7.42. The molecular formula is C42H47BN2Si2. The topological polar surface area (TPSA) is 6.48 Å². The molecule has 1 aliphatic carbocycles. The molecule has 8 rings (SSSR count). The average molecular weight is 647 g/mol. The fourth-order valence-electron chi connectivity index (χ4n) is 8.36. The van der Waals surface area contributed by atoms with E-state index in [0.717, 1.165) is 0 Å². The van der Waals surface area contributed by atoms with Gasteiger partial charge in [0.15, 0.2) is 0 Å². The Balaban J connectivity index is 1.41. The van der Waals surface area contributed by atoms with Gasteiger partial charge in [-0.15, -0.1) is 0 Å². The fourth-order valence-corrected chi connectivity index (χ4v) is 10.7. The van der Waals surface area contributed by atoms with Crippen LogP contribution in [0.4, 0.5) is 34.1 Å². The number of rotatable bonds is 5. The van der Waals surface area contributed by atoms with E-state index >= 15 is 0 Å². The van der Waals surface area contributed by atoms with E-state index in [4.69, 9.17) is 0 Å². The molecule has 0 unspecified atom stereocenters. The van der Waals surface area contributed by atoms with Gasteiger partial charge in [0.2, 0.25) is 0 Å². The molecule has 0 N–H and O–H groups in total. The van der Waals surface area contributed by atoms with Crippen LogP contribution in [0.2, 0.25) is 39.3 Å². The molecule has 0 atom stereocenters. The number of fused-ring (bicyclic) bond motifs is 4. The first-order valence-corrected chi connectivity index (χ1v) is 24.8. The van der Waals surface area contributed by atoms with Crippen LogP contribution in [0.1, 0.15) is 43.6 Å². The second-order valence-corrected chi connectivity index (χ2v) is 26.3. The van der Waals surface area contributed by atoms with Gasteiger partial charge in [0.1, 0.15) is 0 Å². The molecule has 2 aliphatic heterocycles. The Bertz CT molecular complexity index is 1950. The normalized spacial score (nSPS) is 16.1. The van der Waals surface area contributed by atoms with Crippen LogP contribution in [0.5, 0.6) is 0 Å². The number of para-hydroxylation sites is 1. The summed E-state index contributed by atoms with van der Waals surface area (Å²) in [7, 11) is -2.99. The number of anilines is 6. The lowest BCUT2D eigenvalue weighted by molar-refractivity contribution is 0.444. The minimum atomic E-state index is -1.57. The molecule has 0 amide bonds. The second-order valence-electron chi connectivity index (χ2n) is 16.1. The van der Waals surface area contributed by atoms with Crippen molar-refractivity contribution in [2.75, 3.05) is 9.80 Å². The molecule has 1 saturated carbocycles. The third kappa shape index (κ3) is 5.23. The number of hydrogen-bond acceptors (Lipinski definition) is 2. The second kappa shape index (κ2) is 11.4. The molecule has 2 heterocycles. The maximum absolute atomic E-state index is 2.62. The van der Waals surface area contributed by atoms with Gasteiger partial charge in [-0.25, -0.2) is 0 Å². The van der Waals surface area contributed by atoms with Crippen molar-refractivity contribution in [3.8, 4) is 0 Å². The van der Waals surface area contributed by atoms with Gasteiger partial charge in [0.25, 0.3) is 6.71 Å². The summed E-state index contributed by atoms with van der Waals surface area (Å²) in [5, 5.41) is 3.03. The van der Waals surface area contributed by atoms with Crippen LogP contribution < -0.4 is 36.6 Å². The van der Waals surface area contributed by atoms with Crippen LogP contribution in [-0.4, -0.2) is 22.9 Å². The third-order valence-electron chi connectivity index (χ3n) is 11.0. The van der Waals surface area contributed by atoms with Crippen LogP contribution in [0.3, 0.4) is 0 Å². The molecular weight excluding hydrogens is 599 g/mol. The maximum atomic E-state index is 2.62. The Labute approximate surface area is 284 Å². The Hall–Kier alpha value is -3.80. The highest BCUT2D eigenvalue weighted by atomic mass is 28.3. The smallest absolute Gasteiger partial charge is 0.252 e. The first kappa shape index (κ1) is 30.5. The average Bonchev–Trinajstić information content (AvgIpc) is 3.08. The Morgan fingerprint density at radius 3 is 1.68 bits per heavy atom. The van der Waals surface area contributed by atoms with Crippen LogP contribution in [0.15, 0.2) is 109 Å². The van der Waals surface area contributed by atoms with Crippen molar-refractivity contribution < 1.29 is 0 Å². The Morgan fingerprint density at radius 1 is 0.511 bits per heavy atom. The van der Waals surface area contributed by atoms with Crippen LogP contribution in [0, 0.1) is 0 Å². The fraction of sp³-hybridized carbons (Fsp3) is 0.286. The van der Waals surface area contributed by atoms with E-state index in [9.17, 15) is 0 Å². The van der Waals surface area contributed by atoms with Crippen molar-refractivity contribution in [1.82, 2.24) is 0 Å². The van der Waals surface area contributed by atoms with Crippen LogP contribution >= 0.6 is 0 Å². The van der Waals surface area contributed by atoms with Gasteiger partial charge in [-0.3, -0.25) is 0 Å². The molecule has 0 aromatic heterocycles. The predicted octanol–water partition coefficient (Wildman–Crippen LogP) is 8.91. The summed E-state index contributed by atoms with van der Waals surface area (Å²) >= 11 is 0. The Morgan fingerprint density at radius 2 is 1.06 bits per heavy atom. The maximum Gasteiger partial charge on any atom is 0.252 e. The van der Waals surface area contributed by atoms with Crippen LogP contribution in [0.25, 0.3) is 0 Å². The van der Waals surface area contributed by atoms with Crippen molar-refractivity contribution in [2.45, 2.75) is 77.3 Å². The largest absolute Gasteiger partial charge is 0.311 e. The van der Waals surface area contributed by atoms with Gasteiger partial charge in [0.05, 0.1) is 16.1 Å². The molecule has 0 saturated heterocycles. The van der Waals surface area contributed by atoms with Crippen molar-refractivity contribution in [1.29, 1.82) is 0 Å². The van der Waals surface area contributed by atoms with Crippen LogP contribution in [-0.2, 0) is 0 Å². The predicted molar refractivity (Wildman–Crippen MR) is 212 cm³/mol. The molecule has 0 bridgehead atoms.